The SMILES string of the molecule is COC(=O)c1ccc(Nc2cc(Cl)ccc2C#N)c(N)c1. The van der Waals surface area contributed by atoms with Crippen LogP contribution < -0.4 is 11.1 Å². The van der Waals surface area contributed by atoms with E-state index in [2.05, 4.69) is 16.1 Å². The van der Waals surface area contributed by atoms with E-state index in [1.54, 1.807) is 30.3 Å². The van der Waals surface area contributed by atoms with E-state index < -0.39 is 5.97 Å². The van der Waals surface area contributed by atoms with Gasteiger partial charge in [-0.3, -0.25) is 0 Å². The number of nitriles is 1. The number of rotatable bonds is 3. The predicted octanol–water partition coefficient (Wildman–Crippen LogP) is 3.32. The van der Waals surface area contributed by atoms with Gasteiger partial charge in [0, 0.05) is 5.02 Å². The van der Waals surface area contributed by atoms with Crippen LogP contribution in [0.5, 0.6) is 0 Å². The molecule has 106 valence electrons. The largest absolute Gasteiger partial charge is 0.465 e. The van der Waals surface area contributed by atoms with Gasteiger partial charge in [-0.2, -0.15) is 5.26 Å². The van der Waals surface area contributed by atoms with Gasteiger partial charge in [-0.15, -0.1) is 0 Å². The number of halogens is 1. The summed E-state index contributed by atoms with van der Waals surface area (Å²) in [4.78, 5) is 11.4. The Balaban J connectivity index is 2.35. The Morgan fingerprint density at radius 3 is 2.67 bits per heavy atom. The Morgan fingerprint density at radius 1 is 1.29 bits per heavy atom. The van der Waals surface area contributed by atoms with Crippen LogP contribution in [-0.4, -0.2) is 13.1 Å². The van der Waals surface area contributed by atoms with Gasteiger partial charge in [0.2, 0.25) is 0 Å². The molecule has 0 atom stereocenters. The van der Waals surface area contributed by atoms with Crippen molar-refractivity contribution in [1.82, 2.24) is 0 Å². The molecule has 0 spiro atoms. The molecule has 2 aromatic carbocycles. The van der Waals surface area contributed by atoms with E-state index in [0.717, 1.165) is 0 Å². The molecule has 0 aliphatic rings. The van der Waals surface area contributed by atoms with E-state index in [1.165, 1.54) is 13.2 Å². The summed E-state index contributed by atoms with van der Waals surface area (Å²) < 4.78 is 4.63. The summed E-state index contributed by atoms with van der Waals surface area (Å²) in [6, 6.07) is 11.7. The van der Waals surface area contributed by atoms with E-state index >= 15 is 0 Å². The molecule has 0 amide bonds. The van der Waals surface area contributed by atoms with Crippen LogP contribution in [0.2, 0.25) is 5.02 Å². The molecule has 3 N–H and O–H groups in total. The molecule has 6 heteroatoms. The number of methoxy groups -OCH3 is 1. The van der Waals surface area contributed by atoms with Crippen LogP contribution in [0.1, 0.15) is 15.9 Å². The minimum Gasteiger partial charge on any atom is -0.465 e. The average Bonchev–Trinajstić information content (AvgIpc) is 2.48. The van der Waals surface area contributed by atoms with E-state index in [1.807, 2.05) is 0 Å². The Bertz CT molecular complexity index is 738. The molecule has 5 nitrogen and oxygen atoms in total. The smallest absolute Gasteiger partial charge is 0.337 e. The lowest BCUT2D eigenvalue weighted by molar-refractivity contribution is 0.0601. The molecule has 0 aliphatic heterocycles. The Hall–Kier alpha value is -2.71. The number of esters is 1. The van der Waals surface area contributed by atoms with Crippen molar-refractivity contribution in [3.63, 3.8) is 0 Å². The van der Waals surface area contributed by atoms with E-state index in [0.29, 0.717) is 33.2 Å². The fourth-order valence-corrected chi connectivity index (χ4v) is 1.96. The molecule has 2 rings (SSSR count). The van der Waals surface area contributed by atoms with Crippen molar-refractivity contribution in [1.29, 1.82) is 5.26 Å². The summed E-state index contributed by atoms with van der Waals surface area (Å²) in [7, 11) is 1.30. The van der Waals surface area contributed by atoms with Gasteiger partial charge in [0.15, 0.2) is 0 Å². The number of carbonyl (C=O) groups excluding carboxylic acids is 1. The lowest BCUT2D eigenvalue weighted by Gasteiger charge is -2.12. The zero-order valence-electron chi connectivity index (χ0n) is 11.2. The van der Waals surface area contributed by atoms with Gasteiger partial charge in [0.1, 0.15) is 6.07 Å². The van der Waals surface area contributed by atoms with Crippen LogP contribution in [-0.2, 0) is 4.74 Å². The molecular weight excluding hydrogens is 290 g/mol. The van der Waals surface area contributed by atoms with Crippen molar-refractivity contribution in [3.05, 3.63) is 52.5 Å². The number of nitrogens with one attached hydrogen (secondary N) is 1. The summed E-state index contributed by atoms with van der Waals surface area (Å²) in [5.74, 6) is -0.464. The monoisotopic (exact) mass is 301 g/mol. The van der Waals surface area contributed by atoms with Crippen molar-refractivity contribution in [3.8, 4) is 6.07 Å². The number of ether oxygens (including phenoxy) is 1. The maximum Gasteiger partial charge on any atom is 0.337 e. The topological polar surface area (TPSA) is 88.1 Å². The van der Waals surface area contributed by atoms with Crippen LogP contribution >= 0.6 is 11.6 Å². The summed E-state index contributed by atoms with van der Waals surface area (Å²) in [5, 5.41) is 12.6. The Labute approximate surface area is 126 Å². The first-order valence-electron chi connectivity index (χ1n) is 5.99. The highest BCUT2D eigenvalue weighted by Gasteiger charge is 2.10. The first-order valence-corrected chi connectivity index (χ1v) is 6.37. The van der Waals surface area contributed by atoms with Crippen LogP contribution in [0.3, 0.4) is 0 Å². The lowest BCUT2D eigenvalue weighted by atomic mass is 10.1. The van der Waals surface area contributed by atoms with Crippen LogP contribution in [0.25, 0.3) is 0 Å². The Kier molecular flexibility index (Phi) is 4.31. The minimum absolute atomic E-state index is 0.354. The summed E-state index contributed by atoms with van der Waals surface area (Å²) in [5.41, 5.74) is 8.18. The molecule has 0 aliphatic carbocycles. The number of hydrogen-bond donors (Lipinski definition) is 2. The summed E-state index contributed by atoms with van der Waals surface area (Å²) in [6.45, 7) is 0. The van der Waals surface area contributed by atoms with Crippen molar-refractivity contribution < 1.29 is 9.53 Å². The number of nitrogen functional groups attached to an aromatic ring is 1. The highest BCUT2D eigenvalue weighted by Crippen LogP contribution is 2.28. The Morgan fingerprint density at radius 2 is 2.05 bits per heavy atom. The third kappa shape index (κ3) is 3.25. The van der Waals surface area contributed by atoms with Crippen molar-refractivity contribution in [2.24, 2.45) is 0 Å². The predicted molar refractivity (Wildman–Crippen MR) is 81.6 cm³/mol. The standard InChI is InChI=1S/C15H12ClN3O2/c1-21-15(20)9-3-5-13(12(18)6-9)19-14-7-11(16)4-2-10(14)8-17/h2-7,19H,18H2,1H3. The van der Waals surface area contributed by atoms with Gasteiger partial charge in [-0.25, -0.2) is 4.79 Å². The minimum atomic E-state index is -0.464. The second kappa shape index (κ2) is 6.16. The van der Waals surface area contributed by atoms with Gasteiger partial charge in [-0.1, -0.05) is 11.6 Å². The van der Waals surface area contributed by atoms with Gasteiger partial charge in [0.05, 0.1) is 35.3 Å². The van der Waals surface area contributed by atoms with Gasteiger partial charge in [-0.05, 0) is 36.4 Å². The summed E-state index contributed by atoms with van der Waals surface area (Å²) >= 11 is 5.92. The first-order chi connectivity index (χ1) is 10.0. The van der Waals surface area contributed by atoms with Crippen molar-refractivity contribution >= 4 is 34.6 Å². The maximum atomic E-state index is 11.4. The van der Waals surface area contributed by atoms with E-state index in [9.17, 15) is 4.79 Å². The van der Waals surface area contributed by atoms with E-state index in [-0.39, 0.29) is 0 Å². The first kappa shape index (κ1) is 14.7. The van der Waals surface area contributed by atoms with E-state index in [4.69, 9.17) is 22.6 Å². The quantitative estimate of drug-likeness (QED) is 0.670. The van der Waals surface area contributed by atoms with Gasteiger partial charge >= 0.3 is 5.97 Å². The molecule has 21 heavy (non-hydrogen) atoms. The molecule has 0 fully saturated rings. The number of nitrogens with two attached hydrogens (primary N) is 1. The highest BCUT2D eigenvalue weighted by molar-refractivity contribution is 6.30. The molecule has 0 unspecified atom stereocenters. The third-order valence-electron chi connectivity index (χ3n) is 2.84. The zero-order valence-corrected chi connectivity index (χ0v) is 11.9. The fourth-order valence-electron chi connectivity index (χ4n) is 1.78. The van der Waals surface area contributed by atoms with Crippen molar-refractivity contribution in [2.45, 2.75) is 0 Å². The molecule has 0 saturated carbocycles. The number of carbonyl (C=O) groups is 1. The van der Waals surface area contributed by atoms with Gasteiger partial charge in [0.25, 0.3) is 0 Å². The molecule has 0 aromatic heterocycles. The second-order valence-corrected chi connectivity index (χ2v) is 4.66. The lowest BCUT2D eigenvalue weighted by Crippen LogP contribution is -2.04. The van der Waals surface area contributed by atoms with Crippen molar-refractivity contribution in [2.75, 3.05) is 18.2 Å². The summed E-state index contributed by atoms with van der Waals surface area (Å²) in [6.07, 6.45) is 0. The second-order valence-electron chi connectivity index (χ2n) is 4.22. The van der Waals surface area contributed by atoms with Gasteiger partial charge < -0.3 is 15.8 Å². The molecule has 0 radical (unpaired) electrons. The maximum absolute atomic E-state index is 11.4. The molecule has 0 heterocycles. The average molecular weight is 302 g/mol. The highest BCUT2D eigenvalue weighted by atomic mass is 35.5. The number of anilines is 3. The number of hydrogen-bond acceptors (Lipinski definition) is 5. The fraction of sp³-hybridized carbons (Fsp3) is 0.0667. The zero-order chi connectivity index (χ0) is 15.4. The molecular formula is C15H12ClN3O2. The number of nitrogens with zero attached hydrogens (tertiary/aromatic N) is 1. The normalized spacial score (nSPS) is 9.76. The molecule has 0 bridgehead atoms. The molecule has 2 aromatic rings. The third-order valence-corrected chi connectivity index (χ3v) is 3.08. The molecule has 0 saturated heterocycles. The number of benzene rings is 2. The van der Waals surface area contributed by atoms with Crippen LogP contribution in [0, 0.1) is 11.3 Å². The van der Waals surface area contributed by atoms with Crippen LogP contribution in [0.15, 0.2) is 36.4 Å². The van der Waals surface area contributed by atoms with Crippen LogP contribution in [0.4, 0.5) is 17.1 Å².